The SMILES string of the molecule is CN(C)C(=O)NCC1CC12CCN(C(=O)c1ccno1)CC2. The van der Waals surface area contributed by atoms with Gasteiger partial charge < -0.3 is 19.6 Å². The zero-order chi connectivity index (χ0) is 15.7. The van der Waals surface area contributed by atoms with E-state index in [1.54, 1.807) is 25.1 Å². The maximum atomic E-state index is 12.2. The molecule has 1 saturated carbocycles. The van der Waals surface area contributed by atoms with E-state index in [-0.39, 0.29) is 11.9 Å². The van der Waals surface area contributed by atoms with E-state index in [1.165, 1.54) is 6.20 Å². The van der Waals surface area contributed by atoms with Crippen LogP contribution in [0.5, 0.6) is 0 Å². The first kappa shape index (κ1) is 14.9. The fraction of sp³-hybridized carbons (Fsp3) is 0.667. The lowest BCUT2D eigenvalue weighted by atomic mass is 9.90. The average molecular weight is 306 g/mol. The van der Waals surface area contributed by atoms with Crippen LogP contribution in [0.2, 0.25) is 0 Å². The first-order valence-electron chi connectivity index (χ1n) is 7.67. The zero-order valence-corrected chi connectivity index (χ0v) is 13.0. The lowest BCUT2D eigenvalue weighted by molar-refractivity contribution is 0.0627. The van der Waals surface area contributed by atoms with Gasteiger partial charge in [-0.15, -0.1) is 0 Å². The van der Waals surface area contributed by atoms with Gasteiger partial charge in [-0.25, -0.2) is 4.79 Å². The molecule has 120 valence electrons. The first-order valence-corrected chi connectivity index (χ1v) is 7.67. The average Bonchev–Trinajstić information content (AvgIpc) is 2.93. The minimum absolute atomic E-state index is 0.0417. The van der Waals surface area contributed by atoms with Crippen LogP contribution in [0.25, 0.3) is 0 Å². The van der Waals surface area contributed by atoms with E-state index in [2.05, 4.69) is 10.5 Å². The fourth-order valence-electron chi connectivity index (χ4n) is 3.34. The summed E-state index contributed by atoms with van der Waals surface area (Å²) < 4.78 is 4.93. The smallest absolute Gasteiger partial charge is 0.316 e. The van der Waals surface area contributed by atoms with Gasteiger partial charge >= 0.3 is 6.03 Å². The molecule has 2 heterocycles. The Kier molecular flexibility index (Phi) is 3.80. The van der Waals surface area contributed by atoms with E-state index < -0.39 is 0 Å². The van der Waals surface area contributed by atoms with Crippen molar-refractivity contribution in [1.29, 1.82) is 0 Å². The number of piperidine rings is 1. The van der Waals surface area contributed by atoms with Gasteiger partial charge in [0.2, 0.25) is 5.76 Å². The summed E-state index contributed by atoms with van der Waals surface area (Å²) in [5.41, 5.74) is 0.317. The molecule has 1 spiro atoms. The summed E-state index contributed by atoms with van der Waals surface area (Å²) in [6.45, 7) is 2.22. The third-order valence-electron chi connectivity index (χ3n) is 4.96. The van der Waals surface area contributed by atoms with Gasteiger partial charge in [0, 0.05) is 39.8 Å². The first-order chi connectivity index (χ1) is 10.5. The lowest BCUT2D eigenvalue weighted by Crippen LogP contribution is -2.40. The number of carbonyl (C=O) groups is 2. The molecule has 1 aliphatic heterocycles. The number of hydrogen-bond acceptors (Lipinski definition) is 4. The standard InChI is InChI=1S/C15H22N4O3/c1-18(2)14(21)16-10-11-9-15(11)4-7-19(8-5-15)13(20)12-3-6-17-22-12/h3,6,11H,4-5,7-10H2,1-2H3,(H,16,21). The van der Waals surface area contributed by atoms with Gasteiger partial charge in [0.15, 0.2) is 0 Å². The predicted molar refractivity (Wildman–Crippen MR) is 79.3 cm³/mol. The molecule has 1 N–H and O–H groups in total. The van der Waals surface area contributed by atoms with Crippen molar-refractivity contribution in [2.75, 3.05) is 33.7 Å². The van der Waals surface area contributed by atoms with Crippen molar-refractivity contribution in [3.05, 3.63) is 18.0 Å². The van der Waals surface area contributed by atoms with E-state index in [9.17, 15) is 9.59 Å². The number of urea groups is 1. The molecule has 1 aromatic heterocycles. The lowest BCUT2D eigenvalue weighted by Gasteiger charge is -2.32. The molecule has 3 rings (SSSR count). The van der Waals surface area contributed by atoms with Crippen molar-refractivity contribution < 1.29 is 14.1 Å². The Morgan fingerprint density at radius 2 is 2.18 bits per heavy atom. The number of likely N-dealkylation sites (tertiary alicyclic amines) is 1. The van der Waals surface area contributed by atoms with Crippen molar-refractivity contribution in [3.63, 3.8) is 0 Å². The van der Waals surface area contributed by atoms with E-state index in [1.807, 2.05) is 4.90 Å². The third-order valence-corrected chi connectivity index (χ3v) is 4.96. The third kappa shape index (κ3) is 2.80. The maximum Gasteiger partial charge on any atom is 0.316 e. The molecule has 7 nitrogen and oxygen atoms in total. The van der Waals surface area contributed by atoms with E-state index in [0.717, 1.165) is 38.9 Å². The Morgan fingerprint density at radius 1 is 1.45 bits per heavy atom. The molecule has 2 aliphatic rings. The Balaban J connectivity index is 1.47. The molecule has 0 radical (unpaired) electrons. The van der Waals surface area contributed by atoms with Gasteiger partial charge in [-0.3, -0.25) is 4.79 Å². The van der Waals surface area contributed by atoms with E-state index in [4.69, 9.17) is 4.52 Å². The second-order valence-corrected chi connectivity index (χ2v) is 6.51. The summed E-state index contributed by atoms with van der Waals surface area (Å²) in [6, 6.07) is 1.56. The quantitative estimate of drug-likeness (QED) is 0.910. The van der Waals surface area contributed by atoms with Crippen LogP contribution in [0, 0.1) is 11.3 Å². The Morgan fingerprint density at radius 3 is 2.77 bits per heavy atom. The van der Waals surface area contributed by atoms with E-state index in [0.29, 0.717) is 17.1 Å². The molecule has 1 saturated heterocycles. The highest BCUT2D eigenvalue weighted by molar-refractivity contribution is 5.91. The summed E-state index contributed by atoms with van der Waals surface area (Å²) in [6.07, 6.45) is 4.62. The maximum absolute atomic E-state index is 12.2. The van der Waals surface area contributed by atoms with Crippen LogP contribution < -0.4 is 5.32 Å². The topological polar surface area (TPSA) is 78.7 Å². The van der Waals surface area contributed by atoms with Gasteiger partial charge in [-0.2, -0.15) is 0 Å². The Labute approximate surface area is 129 Å². The molecule has 2 fully saturated rings. The second-order valence-electron chi connectivity index (χ2n) is 6.51. The highest BCUT2D eigenvalue weighted by atomic mass is 16.5. The van der Waals surface area contributed by atoms with E-state index >= 15 is 0 Å². The fourth-order valence-corrected chi connectivity index (χ4v) is 3.34. The molecule has 7 heteroatoms. The van der Waals surface area contributed by atoms with Gasteiger partial charge in [-0.1, -0.05) is 5.16 Å². The molecule has 1 aliphatic carbocycles. The highest BCUT2D eigenvalue weighted by Crippen LogP contribution is 2.59. The zero-order valence-electron chi connectivity index (χ0n) is 13.0. The minimum Gasteiger partial charge on any atom is -0.351 e. The summed E-state index contributed by atoms with van der Waals surface area (Å²) in [5, 5.41) is 6.53. The Bertz CT molecular complexity index is 547. The molecule has 22 heavy (non-hydrogen) atoms. The predicted octanol–water partition coefficient (Wildman–Crippen LogP) is 1.19. The van der Waals surface area contributed by atoms with Crippen LogP contribution >= 0.6 is 0 Å². The van der Waals surface area contributed by atoms with Crippen LogP contribution in [0.15, 0.2) is 16.8 Å². The second kappa shape index (κ2) is 5.62. The highest BCUT2D eigenvalue weighted by Gasteiger charge is 2.54. The summed E-state index contributed by atoms with van der Waals surface area (Å²) >= 11 is 0. The van der Waals surface area contributed by atoms with Gasteiger partial charge in [0.05, 0.1) is 6.20 Å². The van der Waals surface area contributed by atoms with Crippen molar-refractivity contribution in [2.24, 2.45) is 11.3 Å². The monoisotopic (exact) mass is 306 g/mol. The van der Waals surface area contributed by atoms with Gasteiger partial charge in [0.25, 0.3) is 5.91 Å². The number of nitrogens with zero attached hydrogens (tertiary/aromatic N) is 3. The van der Waals surface area contributed by atoms with Gasteiger partial charge in [-0.05, 0) is 30.6 Å². The number of carbonyl (C=O) groups excluding carboxylic acids is 2. The largest absolute Gasteiger partial charge is 0.351 e. The number of hydrogen-bond donors (Lipinski definition) is 1. The Hall–Kier alpha value is -2.05. The number of aromatic nitrogens is 1. The molecular formula is C15H22N4O3. The molecular weight excluding hydrogens is 284 g/mol. The molecule has 1 aromatic rings. The van der Waals surface area contributed by atoms with Crippen LogP contribution in [-0.4, -0.2) is 60.6 Å². The van der Waals surface area contributed by atoms with Crippen molar-refractivity contribution in [3.8, 4) is 0 Å². The molecule has 0 aromatic carbocycles. The normalized spacial score (nSPS) is 22.5. The number of amides is 3. The van der Waals surface area contributed by atoms with Crippen molar-refractivity contribution in [2.45, 2.75) is 19.3 Å². The van der Waals surface area contributed by atoms with Gasteiger partial charge in [0.1, 0.15) is 0 Å². The molecule has 1 atom stereocenters. The summed E-state index contributed by atoms with van der Waals surface area (Å²) in [7, 11) is 3.48. The number of rotatable bonds is 3. The summed E-state index contributed by atoms with van der Waals surface area (Å²) in [4.78, 5) is 27.1. The number of nitrogens with one attached hydrogen (secondary N) is 1. The molecule has 3 amide bonds. The van der Waals surface area contributed by atoms with Crippen LogP contribution in [-0.2, 0) is 0 Å². The molecule has 0 bridgehead atoms. The summed E-state index contributed by atoms with van der Waals surface area (Å²) in [5.74, 6) is 0.769. The van der Waals surface area contributed by atoms with Crippen LogP contribution in [0.4, 0.5) is 4.79 Å². The van der Waals surface area contributed by atoms with Crippen molar-refractivity contribution in [1.82, 2.24) is 20.3 Å². The van der Waals surface area contributed by atoms with Crippen LogP contribution in [0.3, 0.4) is 0 Å². The minimum atomic E-state index is -0.0783. The van der Waals surface area contributed by atoms with Crippen molar-refractivity contribution >= 4 is 11.9 Å². The molecule has 1 unspecified atom stereocenters. The van der Waals surface area contributed by atoms with Crippen LogP contribution in [0.1, 0.15) is 29.8 Å².